The third-order valence-electron chi connectivity index (χ3n) is 4.20. The van der Waals surface area contributed by atoms with E-state index in [1.54, 1.807) is 12.1 Å². The molecule has 0 saturated carbocycles. The van der Waals surface area contributed by atoms with Crippen molar-refractivity contribution < 1.29 is 23.1 Å². The van der Waals surface area contributed by atoms with Crippen LogP contribution in [0.25, 0.3) is 11.1 Å². The first-order valence-electron chi connectivity index (χ1n) is 7.47. The molecule has 0 heterocycles. The van der Waals surface area contributed by atoms with Crippen molar-refractivity contribution in [2.75, 3.05) is 5.32 Å². The topological polar surface area (TPSA) is 49.3 Å². The average Bonchev–Trinajstić information content (AvgIpc) is 2.83. The highest BCUT2D eigenvalue weighted by molar-refractivity contribution is 5.93. The van der Waals surface area contributed by atoms with Crippen LogP contribution in [-0.2, 0) is 11.2 Å². The number of rotatable bonds is 3. The predicted molar refractivity (Wildman–Crippen MR) is 84.6 cm³/mol. The maximum Gasteiger partial charge on any atom is 0.417 e. The molecule has 0 bridgehead atoms. The number of halogens is 3. The molecule has 1 aliphatic rings. The van der Waals surface area contributed by atoms with E-state index in [1.165, 1.54) is 5.56 Å². The molecule has 0 radical (unpaired) electrons. The van der Waals surface area contributed by atoms with Crippen LogP contribution in [0.5, 0.6) is 0 Å². The van der Waals surface area contributed by atoms with Crippen LogP contribution in [0, 0.1) is 0 Å². The first-order valence-corrected chi connectivity index (χ1v) is 7.47. The second kappa shape index (κ2) is 5.63. The van der Waals surface area contributed by atoms with Crippen molar-refractivity contribution in [3.05, 3.63) is 53.6 Å². The van der Waals surface area contributed by atoms with Crippen LogP contribution >= 0.6 is 0 Å². The molecule has 2 N–H and O–H groups in total. The zero-order valence-corrected chi connectivity index (χ0v) is 12.9. The highest BCUT2D eigenvalue weighted by Gasteiger charge is 2.50. The van der Waals surface area contributed by atoms with Crippen LogP contribution in [0.2, 0.25) is 0 Å². The summed E-state index contributed by atoms with van der Waals surface area (Å²) in [6.45, 7) is 0.589. The Hall–Kier alpha value is -2.34. The quantitative estimate of drug-likeness (QED) is 0.763. The number of aliphatic hydroxyl groups is 1. The molecule has 0 fully saturated rings. The van der Waals surface area contributed by atoms with Crippen LogP contribution in [-0.4, -0.2) is 22.8 Å². The molecule has 2 aromatic rings. The fraction of sp³-hybridized carbons (Fsp3) is 0.278. The molecular weight excluding hydrogens is 319 g/mol. The summed E-state index contributed by atoms with van der Waals surface area (Å²) >= 11 is 0. The van der Waals surface area contributed by atoms with E-state index < -0.39 is 24.1 Å². The summed E-state index contributed by atoms with van der Waals surface area (Å²) in [7, 11) is 0. The maximum absolute atomic E-state index is 12.6. The molecule has 1 atom stereocenters. The minimum absolute atomic E-state index is 0.411. The van der Waals surface area contributed by atoms with Gasteiger partial charge in [-0.05, 0) is 47.7 Å². The van der Waals surface area contributed by atoms with Crippen LogP contribution in [0.15, 0.2) is 42.5 Å². The maximum atomic E-state index is 12.6. The minimum Gasteiger partial charge on any atom is -0.380 e. The van der Waals surface area contributed by atoms with E-state index in [2.05, 4.69) is 5.32 Å². The normalized spacial score (nSPS) is 15.4. The summed E-state index contributed by atoms with van der Waals surface area (Å²) in [5, 5.41) is 11.8. The second-order valence-electron chi connectivity index (χ2n) is 6.20. The molecule has 0 spiro atoms. The predicted octanol–water partition coefficient (Wildman–Crippen LogP) is 3.90. The lowest BCUT2D eigenvalue weighted by molar-refractivity contribution is -0.252. The molecular formula is C18H16F3NO2. The number of hydrogen-bond donors (Lipinski definition) is 2. The standard InChI is InChI=1S/C18H16F3NO2/c1-17(24,18(19,20)21)10-16(23)22-13-7-6-12-8-11-4-2-3-5-14(11)15(12)9-13/h2-7,9,24H,8,10H2,1H3,(H,22,23)/t17-/m0/s1. The number of carbonyl (C=O) groups is 1. The van der Waals surface area contributed by atoms with E-state index in [4.69, 9.17) is 0 Å². The summed E-state index contributed by atoms with van der Waals surface area (Å²) in [4.78, 5) is 11.8. The summed E-state index contributed by atoms with van der Waals surface area (Å²) < 4.78 is 37.9. The molecule has 0 aliphatic heterocycles. The molecule has 0 saturated heterocycles. The summed E-state index contributed by atoms with van der Waals surface area (Å²) in [5.74, 6) is -0.886. The monoisotopic (exact) mass is 335 g/mol. The molecule has 2 aromatic carbocycles. The average molecular weight is 335 g/mol. The van der Waals surface area contributed by atoms with Gasteiger partial charge in [0.1, 0.15) is 0 Å². The Kier molecular flexibility index (Phi) is 3.87. The molecule has 1 aliphatic carbocycles. The van der Waals surface area contributed by atoms with Gasteiger partial charge in [0.15, 0.2) is 5.60 Å². The third-order valence-corrected chi connectivity index (χ3v) is 4.20. The highest BCUT2D eigenvalue weighted by Crippen LogP contribution is 2.38. The van der Waals surface area contributed by atoms with Crippen LogP contribution < -0.4 is 5.32 Å². The smallest absolute Gasteiger partial charge is 0.380 e. The number of alkyl halides is 3. The SMILES string of the molecule is C[C@](O)(CC(=O)Nc1ccc2c(c1)-c1ccccc1C2)C(F)(F)F. The van der Waals surface area contributed by atoms with Gasteiger partial charge in [0.25, 0.3) is 0 Å². The lowest BCUT2D eigenvalue weighted by Crippen LogP contribution is -2.44. The van der Waals surface area contributed by atoms with Gasteiger partial charge in [0.2, 0.25) is 5.91 Å². The zero-order chi connectivity index (χ0) is 17.5. The number of hydrogen-bond acceptors (Lipinski definition) is 2. The van der Waals surface area contributed by atoms with Crippen molar-refractivity contribution in [1.82, 2.24) is 0 Å². The van der Waals surface area contributed by atoms with E-state index in [0.29, 0.717) is 12.6 Å². The number of carbonyl (C=O) groups excluding carboxylic acids is 1. The first kappa shape index (κ1) is 16.5. The molecule has 0 unspecified atom stereocenters. The number of benzene rings is 2. The Bertz CT molecular complexity index is 797. The zero-order valence-electron chi connectivity index (χ0n) is 12.9. The number of anilines is 1. The van der Waals surface area contributed by atoms with Gasteiger partial charge in [-0.25, -0.2) is 0 Å². The number of amides is 1. The minimum atomic E-state index is -4.86. The van der Waals surface area contributed by atoms with Gasteiger partial charge in [-0.2, -0.15) is 13.2 Å². The summed E-state index contributed by atoms with van der Waals surface area (Å²) in [6.07, 6.45) is -5.12. The summed E-state index contributed by atoms with van der Waals surface area (Å²) in [6, 6.07) is 13.1. The van der Waals surface area contributed by atoms with Crippen LogP contribution in [0.1, 0.15) is 24.5 Å². The van der Waals surface area contributed by atoms with Crippen molar-refractivity contribution in [1.29, 1.82) is 0 Å². The molecule has 24 heavy (non-hydrogen) atoms. The van der Waals surface area contributed by atoms with Gasteiger partial charge in [0, 0.05) is 5.69 Å². The fourth-order valence-corrected chi connectivity index (χ4v) is 2.82. The van der Waals surface area contributed by atoms with E-state index in [1.807, 2.05) is 30.3 Å². The van der Waals surface area contributed by atoms with Crippen LogP contribution in [0.3, 0.4) is 0 Å². The third kappa shape index (κ3) is 3.01. The number of fused-ring (bicyclic) bond motifs is 3. The highest BCUT2D eigenvalue weighted by atomic mass is 19.4. The lowest BCUT2D eigenvalue weighted by Gasteiger charge is -2.25. The first-order chi connectivity index (χ1) is 11.2. The van der Waals surface area contributed by atoms with Gasteiger partial charge >= 0.3 is 6.18 Å². The molecule has 3 nitrogen and oxygen atoms in total. The van der Waals surface area contributed by atoms with E-state index in [0.717, 1.165) is 23.1 Å². The van der Waals surface area contributed by atoms with Gasteiger partial charge in [0.05, 0.1) is 6.42 Å². The van der Waals surface area contributed by atoms with Crippen LogP contribution in [0.4, 0.5) is 18.9 Å². The molecule has 3 rings (SSSR count). The Labute approximate surface area is 137 Å². The Morgan fingerprint density at radius 1 is 1.12 bits per heavy atom. The van der Waals surface area contributed by atoms with Crippen molar-refractivity contribution in [2.45, 2.75) is 31.5 Å². The molecule has 0 aromatic heterocycles. The Morgan fingerprint density at radius 2 is 1.79 bits per heavy atom. The summed E-state index contributed by atoms with van der Waals surface area (Å²) in [5.41, 5.74) is 1.67. The molecule has 6 heteroatoms. The van der Waals surface area contributed by atoms with Crippen molar-refractivity contribution in [3.8, 4) is 11.1 Å². The van der Waals surface area contributed by atoms with Crippen molar-refractivity contribution in [2.24, 2.45) is 0 Å². The van der Waals surface area contributed by atoms with Gasteiger partial charge in [-0.15, -0.1) is 0 Å². The Morgan fingerprint density at radius 3 is 2.50 bits per heavy atom. The van der Waals surface area contributed by atoms with Crippen molar-refractivity contribution >= 4 is 11.6 Å². The molecule has 1 amide bonds. The van der Waals surface area contributed by atoms with Gasteiger partial charge in [-0.3, -0.25) is 4.79 Å². The fourth-order valence-electron chi connectivity index (χ4n) is 2.82. The largest absolute Gasteiger partial charge is 0.417 e. The lowest BCUT2D eigenvalue weighted by atomic mass is 10.0. The van der Waals surface area contributed by atoms with Gasteiger partial charge in [-0.1, -0.05) is 30.3 Å². The van der Waals surface area contributed by atoms with E-state index in [9.17, 15) is 23.1 Å². The van der Waals surface area contributed by atoms with E-state index in [-0.39, 0.29) is 0 Å². The van der Waals surface area contributed by atoms with Crippen molar-refractivity contribution in [3.63, 3.8) is 0 Å². The van der Waals surface area contributed by atoms with E-state index >= 15 is 0 Å². The van der Waals surface area contributed by atoms with Gasteiger partial charge < -0.3 is 10.4 Å². The Balaban J connectivity index is 1.78. The molecule has 126 valence electrons. The number of nitrogens with one attached hydrogen (secondary N) is 1. The second-order valence-corrected chi connectivity index (χ2v) is 6.20.